The van der Waals surface area contributed by atoms with Crippen LogP contribution in [0.4, 0.5) is 0 Å². The predicted molar refractivity (Wildman–Crippen MR) is 85.1 cm³/mol. The Labute approximate surface area is 126 Å². The topological polar surface area (TPSA) is 45.2 Å². The van der Waals surface area contributed by atoms with Crippen LogP contribution in [0.5, 0.6) is 0 Å². The van der Waals surface area contributed by atoms with Gasteiger partial charge < -0.3 is 10.2 Å². The van der Waals surface area contributed by atoms with Crippen LogP contribution in [-0.4, -0.2) is 35.4 Å². The third-order valence-corrected chi connectivity index (χ3v) is 4.55. The third-order valence-electron chi connectivity index (χ3n) is 3.13. The zero-order chi connectivity index (χ0) is 15.2. The number of nitrogens with zero attached hydrogens (tertiary/aromatic N) is 2. The molecule has 0 spiro atoms. The summed E-state index contributed by atoms with van der Waals surface area (Å²) in [5, 5.41) is 4.48. The summed E-state index contributed by atoms with van der Waals surface area (Å²) in [6.45, 7) is 13.6. The van der Waals surface area contributed by atoms with E-state index in [-0.39, 0.29) is 11.3 Å². The predicted octanol–water partition coefficient (Wildman–Crippen LogP) is 2.79. The molecule has 1 N–H and O–H groups in total. The number of aromatic nitrogens is 1. The van der Waals surface area contributed by atoms with E-state index in [2.05, 4.69) is 31.1 Å². The van der Waals surface area contributed by atoms with E-state index >= 15 is 0 Å². The molecule has 1 rings (SSSR count). The summed E-state index contributed by atoms with van der Waals surface area (Å²) in [5.41, 5.74) is 0.113. The van der Waals surface area contributed by atoms with E-state index in [1.165, 1.54) is 4.88 Å². The van der Waals surface area contributed by atoms with Crippen LogP contribution in [0.15, 0.2) is 6.20 Å². The Morgan fingerprint density at radius 2 is 2.00 bits per heavy atom. The first kappa shape index (κ1) is 17.1. The van der Waals surface area contributed by atoms with Crippen molar-refractivity contribution in [3.8, 4) is 0 Å². The quantitative estimate of drug-likeness (QED) is 0.787. The smallest absolute Gasteiger partial charge is 0.223 e. The van der Waals surface area contributed by atoms with E-state index in [1.54, 1.807) is 11.3 Å². The maximum absolute atomic E-state index is 11.8. The lowest BCUT2D eigenvalue weighted by molar-refractivity contribution is -0.130. The molecule has 0 aliphatic carbocycles. The molecule has 0 aliphatic rings. The summed E-state index contributed by atoms with van der Waals surface area (Å²) in [7, 11) is 0. The van der Waals surface area contributed by atoms with Gasteiger partial charge in [-0.2, -0.15) is 0 Å². The first-order valence-electron chi connectivity index (χ1n) is 7.32. The van der Waals surface area contributed by atoms with Crippen LogP contribution in [0.2, 0.25) is 0 Å². The van der Waals surface area contributed by atoms with Crippen LogP contribution in [0, 0.1) is 0 Å². The highest BCUT2D eigenvalue weighted by atomic mass is 32.1. The number of nitrogens with one attached hydrogen (secondary N) is 1. The fraction of sp³-hybridized carbons (Fsp3) is 0.733. The minimum atomic E-state index is 0.113. The molecule has 1 heterocycles. The summed E-state index contributed by atoms with van der Waals surface area (Å²) in [5.74, 6) is 0.224. The van der Waals surface area contributed by atoms with Gasteiger partial charge in [-0.1, -0.05) is 20.8 Å². The largest absolute Gasteiger partial charge is 0.343 e. The molecule has 4 nitrogen and oxygen atoms in total. The number of rotatable bonds is 7. The molecule has 0 bridgehead atoms. The van der Waals surface area contributed by atoms with Gasteiger partial charge in [-0.15, -0.1) is 11.3 Å². The van der Waals surface area contributed by atoms with Gasteiger partial charge in [-0.3, -0.25) is 4.79 Å². The van der Waals surface area contributed by atoms with Gasteiger partial charge in [0.2, 0.25) is 5.91 Å². The maximum atomic E-state index is 11.8. The van der Waals surface area contributed by atoms with Gasteiger partial charge in [-0.25, -0.2) is 4.98 Å². The zero-order valence-electron chi connectivity index (χ0n) is 13.3. The molecule has 0 fully saturated rings. The highest BCUT2D eigenvalue weighted by Gasteiger charge is 2.17. The van der Waals surface area contributed by atoms with Gasteiger partial charge in [0.25, 0.3) is 0 Å². The fourth-order valence-electron chi connectivity index (χ4n) is 1.88. The second kappa shape index (κ2) is 7.74. The molecule has 0 atom stereocenters. The molecular weight excluding hydrogens is 270 g/mol. The summed E-state index contributed by atoms with van der Waals surface area (Å²) >= 11 is 1.75. The van der Waals surface area contributed by atoms with Gasteiger partial charge in [0.15, 0.2) is 0 Å². The van der Waals surface area contributed by atoms with Crippen LogP contribution >= 0.6 is 11.3 Å². The van der Waals surface area contributed by atoms with Crippen molar-refractivity contribution in [1.29, 1.82) is 0 Å². The maximum Gasteiger partial charge on any atom is 0.223 e. The summed E-state index contributed by atoms with van der Waals surface area (Å²) in [4.78, 5) is 19.4. The minimum Gasteiger partial charge on any atom is -0.343 e. The third kappa shape index (κ3) is 5.21. The Morgan fingerprint density at radius 3 is 2.50 bits per heavy atom. The van der Waals surface area contributed by atoms with E-state index in [4.69, 9.17) is 0 Å². The lowest BCUT2D eigenvalue weighted by atomic mass is 9.98. The first-order chi connectivity index (χ1) is 9.38. The molecule has 0 saturated heterocycles. The molecule has 0 aromatic carbocycles. The molecular formula is C15H27N3OS. The molecule has 0 aliphatic heterocycles. The van der Waals surface area contributed by atoms with Crippen LogP contribution < -0.4 is 5.32 Å². The molecule has 5 heteroatoms. The van der Waals surface area contributed by atoms with Crippen molar-refractivity contribution in [3.05, 3.63) is 16.1 Å². The highest BCUT2D eigenvalue weighted by Crippen LogP contribution is 2.26. The molecule has 114 valence electrons. The molecule has 20 heavy (non-hydrogen) atoms. The fourth-order valence-corrected chi connectivity index (χ4v) is 2.82. The monoisotopic (exact) mass is 297 g/mol. The van der Waals surface area contributed by atoms with Crippen molar-refractivity contribution in [2.75, 3.05) is 19.6 Å². The summed E-state index contributed by atoms with van der Waals surface area (Å²) in [6.07, 6.45) is 2.50. The second-order valence-electron chi connectivity index (χ2n) is 5.87. The highest BCUT2D eigenvalue weighted by molar-refractivity contribution is 7.11. The van der Waals surface area contributed by atoms with Gasteiger partial charge in [0, 0.05) is 49.1 Å². The van der Waals surface area contributed by atoms with Crippen LogP contribution in [0.1, 0.15) is 50.9 Å². The van der Waals surface area contributed by atoms with E-state index in [0.29, 0.717) is 6.42 Å². The minimum absolute atomic E-state index is 0.113. The number of carbonyl (C=O) groups is 1. The van der Waals surface area contributed by atoms with Crippen molar-refractivity contribution < 1.29 is 4.79 Å². The summed E-state index contributed by atoms with van der Waals surface area (Å²) in [6, 6.07) is 0. The second-order valence-corrected chi connectivity index (χ2v) is 6.99. The average molecular weight is 297 g/mol. The van der Waals surface area contributed by atoms with Crippen molar-refractivity contribution in [2.45, 2.75) is 53.0 Å². The summed E-state index contributed by atoms with van der Waals surface area (Å²) < 4.78 is 0. The number of carbonyl (C=O) groups excluding carboxylic acids is 1. The normalized spacial score (nSPS) is 11.7. The Balaban J connectivity index is 2.31. The SMILES string of the molecule is CCN(CC)C(=O)CCNCc1cnc(C(C)(C)C)s1. The molecule has 1 amide bonds. The molecule has 0 radical (unpaired) electrons. The molecule has 0 saturated carbocycles. The van der Waals surface area contributed by atoms with Gasteiger partial charge in [0.05, 0.1) is 5.01 Å². The van der Waals surface area contributed by atoms with Crippen molar-refractivity contribution in [3.63, 3.8) is 0 Å². The number of hydrogen-bond donors (Lipinski definition) is 1. The van der Waals surface area contributed by atoms with Crippen molar-refractivity contribution >= 4 is 17.2 Å². The van der Waals surface area contributed by atoms with Crippen LogP contribution in [-0.2, 0) is 16.8 Å². The van der Waals surface area contributed by atoms with Gasteiger partial charge in [0.1, 0.15) is 0 Å². The Bertz CT molecular complexity index is 419. The van der Waals surface area contributed by atoms with Crippen LogP contribution in [0.3, 0.4) is 0 Å². The number of hydrogen-bond acceptors (Lipinski definition) is 4. The zero-order valence-corrected chi connectivity index (χ0v) is 14.1. The van der Waals surface area contributed by atoms with E-state index in [9.17, 15) is 4.79 Å². The lowest BCUT2D eigenvalue weighted by Crippen LogP contribution is -2.32. The van der Waals surface area contributed by atoms with Crippen molar-refractivity contribution in [2.24, 2.45) is 0 Å². The Hall–Kier alpha value is -0.940. The lowest BCUT2D eigenvalue weighted by Gasteiger charge is -2.18. The number of thiazole rings is 1. The van der Waals surface area contributed by atoms with Crippen LogP contribution in [0.25, 0.3) is 0 Å². The van der Waals surface area contributed by atoms with Gasteiger partial charge in [-0.05, 0) is 13.8 Å². The van der Waals surface area contributed by atoms with Gasteiger partial charge >= 0.3 is 0 Å². The van der Waals surface area contributed by atoms with E-state index in [1.807, 2.05) is 24.9 Å². The van der Waals surface area contributed by atoms with E-state index < -0.39 is 0 Å². The molecule has 1 aromatic heterocycles. The average Bonchev–Trinajstić information content (AvgIpc) is 2.85. The Kier molecular flexibility index (Phi) is 6.62. The molecule has 1 aromatic rings. The standard InChI is InChI=1S/C15H27N3OS/c1-6-18(7-2)13(19)8-9-16-10-12-11-17-14(20-12)15(3,4)5/h11,16H,6-10H2,1-5H3. The first-order valence-corrected chi connectivity index (χ1v) is 8.13. The van der Waals surface area contributed by atoms with Crippen molar-refractivity contribution in [1.82, 2.24) is 15.2 Å². The molecule has 0 unspecified atom stereocenters. The van der Waals surface area contributed by atoms with E-state index in [0.717, 1.165) is 31.2 Å². The Morgan fingerprint density at radius 1 is 1.35 bits per heavy atom. The number of amides is 1.